The van der Waals surface area contributed by atoms with E-state index in [0.29, 0.717) is 0 Å². The number of nitrogens with one attached hydrogen (secondary N) is 1. The van der Waals surface area contributed by atoms with Crippen LogP contribution in [0.5, 0.6) is 11.5 Å². The molecule has 0 aliphatic carbocycles. The van der Waals surface area contributed by atoms with Gasteiger partial charge in [0.2, 0.25) is 0 Å². The molecule has 0 atom stereocenters. The van der Waals surface area contributed by atoms with Crippen LogP contribution < -0.4 is 0 Å². The van der Waals surface area contributed by atoms with E-state index in [-0.39, 0.29) is 22.3 Å². The fourth-order valence-corrected chi connectivity index (χ4v) is 3.67. The highest BCUT2D eigenvalue weighted by Gasteiger charge is 2.36. The van der Waals surface area contributed by atoms with Crippen molar-refractivity contribution in [2.45, 2.75) is 78.1 Å². The number of hydrogen-bond donors (Lipinski definition) is 3. The van der Waals surface area contributed by atoms with E-state index in [1.165, 1.54) is 0 Å². The molecule has 2 aromatic rings. The summed E-state index contributed by atoms with van der Waals surface area (Å²) in [5.74, 6) is 0.112. The maximum Gasteiger partial charge on any atom is 0.163 e. The van der Waals surface area contributed by atoms with E-state index in [1.54, 1.807) is 0 Å². The van der Waals surface area contributed by atoms with Crippen LogP contribution in [-0.4, -0.2) is 15.2 Å². The molecule has 0 saturated heterocycles. The van der Waals surface area contributed by atoms with Gasteiger partial charge in [0.25, 0.3) is 0 Å². The highest BCUT2D eigenvalue weighted by molar-refractivity contribution is 5.93. The Balaban J connectivity index is 2.93. The molecule has 0 unspecified atom stereocenters. The van der Waals surface area contributed by atoms with Crippen LogP contribution in [-0.2, 0) is 10.8 Å². The van der Waals surface area contributed by atoms with Gasteiger partial charge in [0, 0.05) is 22.7 Å². The summed E-state index contributed by atoms with van der Waals surface area (Å²) >= 11 is 0. The SMILES string of the molecule is CCC(C)(CC)c1c(O)c(O)c(C(C)(CC)CC)c2[nH]ccc12. The van der Waals surface area contributed by atoms with Gasteiger partial charge in [-0.2, -0.15) is 0 Å². The molecule has 1 aromatic heterocycles. The highest BCUT2D eigenvalue weighted by Crippen LogP contribution is 2.51. The molecule has 0 saturated carbocycles. The summed E-state index contributed by atoms with van der Waals surface area (Å²) in [6, 6.07) is 2.03. The van der Waals surface area contributed by atoms with E-state index in [1.807, 2.05) is 12.3 Å². The molecular weight excluding hydrogens is 286 g/mol. The van der Waals surface area contributed by atoms with Crippen molar-refractivity contribution in [1.29, 1.82) is 0 Å². The Kier molecular flexibility index (Phi) is 4.70. The fraction of sp³-hybridized carbons (Fsp3) is 0.600. The molecule has 0 spiro atoms. The number of H-pyrrole nitrogens is 1. The van der Waals surface area contributed by atoms with Crippen LogP contribution in [0.25, 0.3) is 10.9 Å². The van der Waals surface area contributed by atoms with E-state index in [2.05, 4.69) is 46.5 Å². The molecule has 0 fully saturated rings. The van der Waals surface area contributed by atoms with Gasteiger partial charge < -0.3 is 15.2 Å². The first-order valence-electron chi connectivity index (χ1n) is 8.85. The number of fused-ring (bicyclic) bond motifs is 1. The van der Waals surface area contributed by atoms with E-state index >= 15 is 0 Å². The average Bonchev–Trinajstić information content (AvgIpc) is 3.03. The van der Waals surface area contributed by atoms with Gasteiger partial charge in [-0.15, -0.1) is 0 Å². The fourth-order valence-electron chi connectivity index (χ4n) is 3.67. The molecule has 3 heteroatoms. The zero-order valence-corrected chi connectivity index (χ0v) is 15.4. The maximum atomic E-state index is 10.9. The average molecular weight is 317 g/mol. The number of benzene rings is 1. The van der Waals surface area contributed by atoms with Crippen molar-refractivity contribution in [3.63, 3.8) is 0 Å². The minimum Gasteiger partial charge on any atom is -0.504 e. The zero-order chi connectivity index (χ0) is 17.4. The lowest BCUT2D eigenvalue weighted by molar-refractivity contribution is 0.353. The first-order valence-corrected chi connectivity index (χ1v) is 8.85. The second-order valence-corrected chi connectivity index (χ2v) is 7.25. The van der Waals surface area contributed by atoms with Gasteiger partial charge in [-0.25, -0.2) is 0 Å². The molecule has 1 aromatic carbocycles. The Morgan fingerprint density at radius 2 is 1.26 bits per heavy atom. The van der Waals surface area contributed by atoms with Crippen molar-refractivity contribution in [3.8, 4) is 11.5 Å². The minimum absolute atomic E-state index is 0.0503. The van der Waals surface area contributed by atoms with Crippen molar-refractivity contribution in [1.82, 2.24) is 4.98 Å². The van der Waals surface area contributed by atoms with Gasteiger partial charge in [-0.3, -0.25) is 0 Å². The van der Waals surface area contributed by atoms with Crippen molar-refractivity contribution in [2.75, 3.05) is 0 Å². The molecule has 128 valence electrons. The third kappa shape index (κ3) is 2.50. The summed E-state index contributed by atoms with van der Waals surface area (Å²) in [7, 11) is 0. The van der Waals surface area contributed by atoms with Crippen molar-refractivity contribution in [2.24, 2.45) is 0 Å². The van der Waals surface area contributed by atoms with E-state index in [9.17, 15) is 10.2 Å². The monoisotopic (exact) mass is 317 g/mol. The van der Waals surface area contributed by atoms with Gasteiger partial charge in [0.1, 0.15) is 0 Å². The Morgan fingerprint density at radius 3 is 1.74 bits per heavy atom. The quantitative estimate of drug-likeness (QED) is 0.595. The summed E-state index contributed by atoms with van der Waals surface area (Å²) in [5, 5.41) is 22.8. The molecule has 0 bridgehead atoms. The first kappa shape index (κ1) is 17.7. The Morgan fingerprint density at radius 1 is 0.826 bits per heavy atom. The minimum atomic E-state index is -0.169. The Bertz CT molecular complexity index is 633. The third-order valence-corrected chi connectivity index (χ3v) is 6.29. The molecule has 0 aliphatic heterocycles. The first-order chi connectivity index (χ1) is 10.8. The highest BCUT2D eigenvalue weighted by atomic mass is 16.3. The molecule has 0 radical (unpaired) electrons. The molecule has 1 heterocycles. The standard InChI is InChI=1S/C20H31NO2/c1-7-19(5,8-2)14-13-11-12-21-16(13)15(18(23)17(14)22)20(6,9-3)10-4/h11-12,21-23H,7-10H2,1-6H3. The number of phenols is 2. The van der Waals surface area contributed by atoms with Crippen molar-refractivity contribution >= 4 is 10.9 Å². The summed E-state index contributed by atoms with van der Waals surface area (Å²) in [6.45, 7) is 12.8. The van der Waals surface area contributed by atoms with Crippen LogP contribution >= 0.6 is 0 Å². The number of rotatable bonds is 6. The molecule has 3 nitrogen and oxygen atoms in total. The van der Waals surface area contributed by atoms with E-state index < -0.39 is 0 Å². The molecule has 3 N–H and O–H groups in total. The molecule has 23 heavy (non-hydrogen) atoms. The van der Waals surface area contributed by atoms with Crippen LogP contribution in [0.3, 0.4) is 0 Å². The van der Waals surface area contributed by atoms with E-state index in [4.69, 9.17) is 0 Å². The Labute approximate surface area is 139 Å². The smallest absolute Gasteiger partial charge is 0.163 e. The predicted molar refractivity (Wildman–Crippen MR) is 97.5 cm³/mol. The molecule has 0 amide bonds. The number of phenolic OH excluding ortho intramolecular Hbond substituents is 2. The van der Waals surface area contributed by atoms with Crippen LogP contribution in [0.2, 0.25) is 0 Å². The topological polar surface area (TPSA) is 56.2 Å². The zero-order valence-electron chi connectivity index (χ0n) is 15.4. The van der Waals surface area contributed by atoms with E-state index in [0.717, 1.165) is 47.7 Å². The predicted octanol–water partition coefficient (Wildman–Crippen LogP) is 5.73. The summed E-state index contributed by atoms with van der Waals surface area (Å²) in [6.07, 6.45) is 5.55. The van der Waals surface area contributed by atoms with Crippen LogP contribution in [0.4, 0.5) is 0 Å². The number of aromatic nitrogens is 1. The molecule has 2 rings (SSSR count). The van der Waals surface area contributed by atoms with Gasteiger partial charge in [-0.1, -0.05) is 41.5 Å². The Hall–Kier alpha value is -1.64. The van der Waals surface area contributed by atoms with Crippen LogP contribution in [0.1, 0.15) is 78.4 Å². The number of hydrogen-bond acceptors (Lipinski definition) is 2. The summed E-state index contributed by atoms with van der Waals surface area (Å²) < 4.78 is 0. The van der Waals surface area contributed by atoms with Crippen molar-refractivity contribution < 1.29 is 10.2 Å². The van der Waals surface area contributed by atoms with Crippen LogP contribution in [0.15, 0.2) is 12.3 Å². The summed E-state index contributed by atoms with van der Waals surface area (Å²) in [4.78, 5) is 3.32. The van der Waals surface area contributed by atoms with Crippen molar-refractivity contribution in [3.05, 3.63) is 23.4 Å². The number of aromatic hydroxyl groups is 2. The number of aromatic amines is 1. The van der Waals surface area contributed by atoms with Gasteiger partial charge in [-0.05, 0) is 42.6 Å². The third-order valence-electron chi connectivity index (χ3n) is 6.29. The molecule has 0 aliphatic rings. The van der Waals surface area contributed by atoms with Gasteiger partial charge >= 0.3 is 0 Å². The second-order valence-electron chi connectivity index (χ2n) is 7.25. The maximum absolute atomic E-state index is 10.9. The van der Waals surface area contributed by atoms with Crippen LogP contribution in [0, 0.1) is 0 Å². The van der Waals surface area contributed by atoms with Gasteiger partial charge in [0.05, 0.1) is 5.52 Å². The lowest BCUT2D eigenvalue weighted by Gasteiger charge is -2.33. The lowest BCUT2D eigenvalue weighted by Crippen LogP contribution is -2.23. The molecular formula is C20H31NO2. The lowest BCUT2D eigenvalue weighted by atomic mass is 9.71. The largest absolute Gasteiger partial charge is 0.504 e. The summed E-state index contributed by atoms with van der Waals surface area (Å²) in [5.41, 5.74) is 2.36. The normalized spacial score (nSPS) is 13.0. The van der Waals surface area contributed by atoms with Gasteiger partial charge in [0.15, 0.2) is 11.5 Å². The second kappa shape index (κ2) is 6.10.